The summed E-state index contributed by atoms with van der Waals surface area (Å²) in [6.45, 7) is -0.782. The second kappa shape index (κ2) is 14.5. The number of carboxylic acid groups (broad SMARTS) is 4. The van der Waals surface area contributed by atoms with E-state index in [2.05, 4.69) is 22.4 Å². The van der Waals surface area contributed by atoms with Gasteiger partial charge in [-0.05, 0) is 31.3 Å². The van der Waals surface area contributed by atoms with Gasteiger partial charge in [0.15, 0.2) is 12.6 Å². The van der Waals surface area contributed by atoms with Crippen molar-refractivity contribution in [1.82, 2.24) is 9.38 Å². The summed E-state index contributed by atoms with van der Waals surface area (Å²) < 4.78 is -0.567. The maximum atomic E-state index is 11.8. The summed E-state index contributed by atoms with van der Waals surface area (Å²) in [7, 11) is 0. The van der Waals surface area contributed by atoms with E-state index in [-0.39, 0.29) is 37.9 Å². The zero-order valence-corrected chi connectivity index (χ0v) is 19.4. The lowest BCUT2D eigenvalue weighted by Crippen LogP contribution is -2.63. The second-order valence-corrected chi connectivity index (χ2v) is 6.72. The molecule has 0 fully saturated rings. The molecule has 1 aromatic rings. The van der Waals surface area contributed by atoms with E-state index in [9.17, 15) is 29.4 Å². The number of isothiocyanates is 1. The molecule has 178 valence electrons. The standard InChI is InChI=1S/C18H21N3O8S.2ClH/c1-12(18(28)29)21(10-17(26)27,14-4-2-13(3-5-14)19-11-30)7-6-20(8-15(22)23)9-16(24)25;;/h2-5,12H,6-10H2,1H3,(H3-,22,23,24,25,26,27,28,29);2*1H/p+1/t12-,21?;;/m0../s1. The van der Waals surface area contributed by atoms with Crippen LogP contribution in [0.5, 0.6) is 0 Å². The van der Waals surface area contributed by atoms with Gasteiger partial charge in [0.2, 0.25) is 0 Å². The molecule has 32 heavy (non-hydrogen) atoms. The number of hydrogen-bond acceptors (Lipinski definition) is 7. The van der Waals surface area contributed by atoms with Crippen molar-refractivity contribution >= 4 is 77.4 Å². The molecule has 4 N–H and O–H groups in total. The minimum atomic E-state index is -1.27. The third-order valence-corrected chi connectivity index (χ3v) is 4.68. The Morgan fingerprint density at radius 1 is 1.00 bits per heavy atom. The molecule has 0 aliphatic carbocycles. The van der Waals surface area contributed by atoms with E-state index in [1.54, 1.807) is 0 Å². The van der Waals surface area contributed by atoms with Gasteiger partial charge < -0.3 is 20.4 Å². The van der Waals surface area contributed by atoms with Crippen LogP contribution in [0.2, 0.25) is 0 Å². The number of thiocarbonyl (C=S) groups is 1. The lowest BCUT2D eigenvalue weighted by atomic mass is 10.1. The highest BCUT2D eigenvalue weighted by molar-refractivity contribution is 7.78. The first-order chi connectivity index (χ1) is 14.0. The molecule has 1 rings (SSSR count). The summed E-state index contributed by atoms with van der Waals surface area (Å²) in [4.78, 5) is 50.4. The van der Waals surface area contributed by atoms with Crippen LogP contribution in [-0.2, 0) is 19.2 Å². The first-order valence-electron chi connectivity index (χ1n) is 8.67. The van der Waals surface area contributed by atoms with Crippen LogP contribution in [0.25, 0.3) is 0 Å². The molecule has 0 saturated carbocycles. The van der Waals surface area contributed by atoms with Gasteiger partial charge in [0, 0.05) is 18.7 Å². The molecule has 0 aromatic heterocycles. The van der Waals surface area contributed by atoms with Crippen molar-refractivity contribution in [2.75, 3.05) is 32.7 Å². The highest BCUT2D eigenvalue weighted by atomic mass is 35.5. The van der Waals surface area contributed by atoms with Crippen LogP contribution in [0.3, 0.4) is 0 Å². The predicted octanol–water partition coefficient (Wildman–Crippen LogP) is 1.60. The monoisotopic (exact) mass is 512 g/mol. The molecule has 0 amide bonds. The van der Waals surface area contributed by atoms with Gasteiger partial charge in [0.1, 0.15) is 5.69 Å². The normalized spacial score (nSPS) is 12.8. The molecule has 0 spiro atoms. The first kappa shape index (κ1) is 31.6. The van der Waals surface area contributed by atoms with Crippen molar-refractivity contribution in [3.05, 3.63) is 24.3 Å². The predicted molar refractivity (Wildman–Crippen MR) is 124 cm³/mol. The average Bonchev–Trinajstić information content (AvgIpc) is 2.64. The highest BCUT2D eigenvalue weighted by Crippen LogP contribution is 2.29. The zero-order chi connectivity index (χ0) is 22.9. The van der Waals surface area contributed by atoms with Gasteiger partial charge in [-0.25, -0.2) is 9.59 Å². The summed E-state index contributed by atoms with van der Waals surface area (Å²) in [5.41, 5.74) is 0.768. The van der Waals surface area contributed by atoms with E-state index >= 15 is 0 Å². The molecule has 0 radical (unpaired) electrons. The van der Waals surface area contributed by atoms with Crippen molar-refractivity contribution in [3.63, 3.8) is 0 Å². The number of halogens is 2. The molecule has 2 atom stereocenters. The van der Waals surface area contributed by atoms with Gasteiger partial charge in [-0.1, -0.05) is 0 Å². The quantitative estimate of drug-likeness (QED) is 0.173. The number of quaternary nitrogens is 1. The molecule has 0 bridgehead atoms. The van der Waals surface area contributed by atoms with Crippen LogP contribution in [0.15, 0.2) is 29.3 Å². The Hall–Kier alpha value is -2.60. The fourth-order valence-corrected chi connectivity index (χ4v) is 3.21. The number of hydrogen-bond donors (Lipinski definition) is 4. The fourth-order valence-electron chi connectivity index (χ4n) is 3.10. The Morgan fingerprint density at radius 3 is 1.88 bits per heavy atom. The number of benzene rings is 1. The minimum absolute atomic E-state index is 0. The van der Waals surface area contributed by atoms with Gasteiger partial charge in [-0.2, -0.15) is 4.99 Å². The van der Waals surface area contributed by atoms with Gasteiger partial charge in [-0.3, -0.25) is 19.0 Å². The Morgan fingerprint density at radius 2 is 1.50 bits per heavy atom. The largest absolute Gasteiger partial charge is 0.480 e. The third-order valence-electron chi connectivity index (χ3n) is 4.59. The number of rotatable bonds is 13. The molecular weight excluding hydrogens is 489 g/mol. The van der Waals surface area contributed by atoms with Crippen LogP contribution >= 0.6 is 37.0 Å². The van der Waals surface area contributed by atoms with E-state index < -0.39 is 54.0 Å². The third kappa shape index (κ3) is 9.27. The van der Waals surface area contributed by atoms with Crippen LogP contribution in [0.1, 0.15) is 6.92 Å². The van der Waals surface area contributed by atoms with E-state index in [1.165, 1.54) is 31.2 Å². The molecule has 0 saturated heterocycles. The van der Waals surface area contributed by atoms with E-state index in [1.807, 2.05) is 0 Å². The molecule has 0 aliphatic heterocycles. The smallest absolute Gasteiger partial charge is 0.362 e. The number of aliphatic carboxylic acids is 4. The maximum Gasteiger partial charge on any atom is 0.362 e. The van der Waals surface area contributed by atoms with Crippen molar-refractivity contribution < 1.29 is 39.6 Å². The highest BCUT2D eigenvalue weighted by Gasteiger charge is 2.43. The molecule has 1 unspecified atom stereocenters. The summed E-state index contributed by atoms with van der Waals surface area (Å²) in [5.74, 6) is -5.06. The SMILES string of the molecule is C[C@@H](C(=O)O)[N+](CCN(CC(=O)O)CC(=O)O)(CC(=O)O)c1ccc(N=C=S)cc1.Cl.Cl. The first-order valence-corrected chi connectivity index (χ1v) is 9.08. The summed E-state index contributed by atoms with van der Waals surface area (Å²) >= 11 is 4.53. The molecule has 0 aliphatic rings. The number of carbonyl (C=O) groups is 4. The van der Waals surface area contributed by atoms with Crippen LogP contribution in [0, 0.1) is 0 Å². The Balaban J connectivity index is 0. The van der Waals surface area contributed by atoms with E-state index in [0.717, 1.165) is 4.90 Å². The second-order valence-electron chi connectivity index (χ2n) is 6.54. The lowest BCUT2D eigenvalue weighted by molar-refractivity contribution is -0.147. The Kier molecular flexibility index (Phi) is 14.3. The van der Waals surface area contributed by atoms with Gasteiger partial charge >= 0.3 is 23.9 Å². The van der Waals surface area contributed by atoms with Gasteiger partial charge in [0.05, 0.1) is 30.5 Å². The number of carboxylic acids is 4. The van der Waals surface area contributed by atoms with Crippen molar-refractivity contribution in [2.24, 2.45) is 4.99 Å². The zero-order valence-electron chi connectivity index (χ0n) is 16.9. The molecule has 14 heteroatoms. The van der Waals surface area contributed by atoms with Crippen molar-refractivity contribution in [1.29, 1.82) is 0 Å². The lowest BCUT2D eigenvalue weighted by Gasteiger charge is -2.41. The van der Waals surface area contributed by atoms with Crippen LogP contribution in [0.4, 0.5) is 11.4 Å². The van der Waals surface area contributed by atoms with E-state index in [4.69, 9.17) is 10.2 Å². The van der Waals surface area contributed by atoms with Crippen LogP contribution < -0.4 is 4.48 Å². The van der Waals surface area contributed by atoms with Gasteiger partial charge in [0.25, 0.3) is 0 Å². The summed E-state index contributed by atoms with van der Waals surface area (Å²) in [6.07, 6.45) is 0. The van der Waals surface area contributed by atoms with Crippen LogP contribution in [-0.4, -0.2) is 93.1 Å². The van der Waals surface area contributed by atoms with Crippen molar-refractivity contribution in [3.8, 4) is 0 Å². The minimum Gasteiger partial charge on any atom is -0.480 e. The fraction of sp³-hybridized carbons (Fsp3) is 0.389. The molecule has 11 nitrogen and oxygen atoms in total. The summed E-state index contributed by atoms with van der Waals surface area (Å²) in [5, 5.41) is 39.3. The average molecular weight is 513 g/mol. The number of aliphatic imine (C=N–C) groups is 1. The molecule has 0 heterocycles. The molecule has 1 aromatic carbocycles. The van der Waals surface area contributed by atoms with E-state index in [0.29, 0.717) is 11.4 Å². The Bertz CT molecular complexity index is 848. The van der Waals surface area contributed by atoms with Gasteiger partial charge in [-0.15, -0.1) is 24.8 Å². The van der Waals surface area contributed by atoms with Crippen molar-refractivity contribution in [2.45, 2.75) is 13.0 Å². The topological polar surface area (TPSA) is 165 Å². The Labute approximate surface area is 201 Å². The summed E-state index contributed by atoms with van der Waals surface area (Å²) in [6, 6.07) is 4.82. The molecular formula is C18H24Cl2N3O8S+. The maximum absolute atomic E-state index is 11.8. The number of nitrogens with zero attached hydrogens (tertiary/aromatic N) is 3.